The Morgan fingerprint density at radius 3 is 2.48 bits per heavy atom. The minimum Gasteiger partial charge on any atom is -0.303 e. The number of nitrogens with zero attached hydrogens (tertiary/aromatic N) is 5. The first kappa shape index (κ1) is 15.7. The van der Waals surface area contributed by atoms with Gasteiger partial charge in [-0.15, -0.1) is 0 Å². The Bertz CT molecular complexity index is 729. The average molecular weight is 358 g/mol. The van der Waals surface area contributed by atoms with Crippen LogP contribution in [0.2, 0.25) is 0 Å². The topological polar surface area (TPSA) is 63.4 Å². The van der Waals surface area contributed by atoms with Crippen LogP contribution in [0.1, 0.15) is 25.3 Å². The van der Waals surface area contributed by atoms with E-state index in [-0.39, 0.29) is 6.04 Å². The van der Waals surface area contributed by atoms with E-state index in [0.29, 0.717) is 17.5 Å². The Hall–Kier alpha value is -0.770. The van der Waals surface area contributed by atoms with Crippen molar-refractivity contribution in [2.75, 3.05) is 37.7 Å². The first-order valence-corrected chi connectivity index (χ1v) is 10.6. The number of aromatic nitrogens is 3. The molecule has 0 spiro atoms. The molecule has 3 fully saturated rings. The van der Waals surface area contributed by atoms with E-state index in [1.807, 2.05) is 11.0 Å². The molecule has 0 radical (unpaired) electrons. The zero-order valence-corrected chi connectivity index (χ0v) is 14.8. The lowest BCUT2D eigenvalue weighted by Crippen LogP contribution is -2.50. The minimum atomic E-state index is -2.80. The van der Waals surface area contributed by atoms with Crippen molar-refractivity contribution in [3.05, 3.63) is 11.1 Å². The largest absolute Gasteiger partial charge is 0.303 e. The van der Waals surface area contributed by atoms with Gasteiger partial charge in [-0.05, 0) is 31.5 Å². The molecule has 128 valence electrons. The molecule has 2 saturated heterocycles. The summed E-state index contributed by atoms with van der Waals surface area (Å²) in [5.74, 6) is 0.690. The van der Waals surface area contributed by atoms with E-state index >= 15 is 0 Å². The molecule has 9 heteroatoms. The Morgan fingerprint density at radius 1 is 1.13 bits per heavy atom. The fourth-order valence-electron chi connectivity index (χ4n) is 3.57. The molecule has 1 aliphatic carbocycles. The van der Waals surface area contributed by atoms with Crippen LogP contribution in [0.5, 0.6) is 0 Å². The third-order valence-electron chi connectivity index (χ3n) is 5.16. The third kappa shape index (κ3) is 3.38. The lowest BCUT2D eigenvalue weighted by atomic mass is 10.2. The second kappa shape index (κ2) is 5.94. The molecule has 0 amide bonds. The van der Waals surface area contributed by atoms with E-state index in [2.05, 4.69) is 19.5 Å². The van der Waals surface area contributed by atoms with Crippen molar-refractivity contribution in [1.29, 1.82) is 0 Å². The smallest absolute Gasteiger partial charge is 0.199 e. The first-order chi connectivity index (χ1) is 11.0. The number of sulfone groups is 1. The van der Waals surface area contributed by atoms with Crippen LogP contribution in [-0.2, 0) is 16.5 Å². The van der Waals surface area contributed by atoms with E-state index in [4.69, 9.17) is 12.2 Å². The summed E-state index contributed by atoms with van der Waals surface area (Å²) in [5, 5.41) is 4.43. The molecule has 1 saturated carbocycles. The second-order valence-corrected chi connectivity index (χ2v) is 9.50. The van der Waals surface area contributed by atoms with Crippen molar-refractivity contribution >= 4 is 22.1 Å². The maximum atomic E-state index is 11.6. The van der Waals surface area contributed by atoms with Crippen molar-refractivity contribution in [2.45, 2.75) is 38.0 Å². The summed E-state index contributed by atoms with van der Waals surface area (Å²) in [6, 6.07) is 0.788. The third-order valence-corrected chi connectivity index (χ3v) is 7.33. The fourth-order valence-corrected chi connectivity index (χ4v) is 5.64. The van der Waals surface area contributed by atoms with Crippen LogP contribution in [0.3, 0.4) is 0 Å². The quantitative estimate of drug-likeness (QED) is 0.732. The molecule has 4 rings (SSSR count). The summed E-state index contributed by atoms with van der Waals surface area (Å²) in [7, 11) is -2.80. The summed E-state index contributed by atoms with van der Waals surface area (Å²) in [4.78, 5) is 4.68. The predicted molar refractivity (Wildman–Crippen MR) is 89.5 cm³/mol. The van der Waals surface area contributed by atoms with Crippen molar-refractivity contribution in [1.82, 2.24) is 24.1 Å². The summed E-state index contributed by atoms with van der Waals surface area (Å²) in [5.41, 5.74) is 0. The molecular weight excluding hydrogens is 334 g/mol. The van der Waals surface area contributed by atoms with Crippen molar-refractivity contribution < 1.29 is 8.42 Å². The Balaban J connectivity index is 1.32. The van der Waals surface area contributed by atoms with E-state index in [9.17, 15) is 8.42 Å². The molecule has 1 unspecified atom stereocenters. The molecule has 0 bridgehead atoms. The first-order valence-electron chi connectivity index (χ1n) is 8.33. The van der Waals surface area contributed by atoms with Gasteiger partial charge in [0.05, 0.1) is 18.2 Å². The molecule has 7 nitrogen and oxygen atoms in total. The monoisotopic (exact) mass is 357 g/mol. The molecule has 1 aromatic rings. The van der Waals surface area contributed by atoms with Crippen LogP contribution in [0.4, 0.5) is 0 Å². The lowest BCUT2D eigenvalue weighted by Gasteiger charge is -2.37. The van der Waals surface area contributed by atoms with Gasteiger partial charge < -0.3 is 4.57 Å². The number of hydrogen-bond donors (Lipinski definition) is 0. The molecule has 3 aliphatic rings. The number of rotatable bonds is 4. The Kier molecular flexibility index (Phi) is 4.07. The molecule has 3 heterocycles. The summed E-state index contributed by atoms with van der Waals surface area (Å²) >= 11 is 5.51. The zero-order valence-electron chi connectivity index (χ0n) is 13.2. The lowest BCUT2D eigenvalue weighted by molar-refractivity contribution is 0.0807. The van der Waals surface area contributed by atoms with Crippen LogP contribution >= 0.6 is 12.2 Å². The maximum absolute atomic E-state index is 11.6. The van der Waals surface area contributed by atoms with Gasteiger partial charge in [-0.1, -0.05) is 0 Å². The van der Waals surface area contributed by atoms with Crippen LogP contribution in [0.15, 0.2) is 6.33 Å². The summed E-state index contributed by atoms with van der Waals surface area (Å²) in [6.07, 6.45) is 5.07. The zero-order chi connectivity index (χ0) is 16.0. The highest BCUT2D eigenvalue weighted by molar-refractivity contribution is 7.91. The Morgan fingerprint density at radius 2 is 1.87 bits per heavy atom. The predicted octanol–water partition coefficient (Wildman–Crippen LogP) is 0.511. The summed E-state index contributed by atoms with van der Waals surface area (Å²) in [6.45, 7) is 4.46. The van der Waals surface area contributed by atoms with Gasteiger partial charge in [-0.25, -0.2) is 13.1 Å². The fraction of sp³-hybridized carbons (Fsp3) is 0.857. The molecule has 1 atom stereocenters. The van der Waals surface area contributed by atoms with Gasteiger partial charge in [0.2, 0.25) is 0 Å². The SMILES string of the molecule is O=S1(=O)CCC(N2CCN(Cn3ncn(C4CC4)c3=S)CC2)C1. The van der Waals surface area contributed by atoms with Gasteiger partial charge in [0, 0.05) is 38.3 Å². The number of hydrogen-bond acceptors (Lipinski definition) is 6. The molecule has 2 aliphatic heterocycles. The average Bonchev–Trinajstić information content (AvgIpc) is 3.21. The highest BCUT2D eigenvalue weighted by Gasteiger charge is 2.33. The van der Waals surface area contributed by atoms with Gasteiger partial charge >= 0.3 is 0 Å². The van der Waals surface area contributed by atoms with Crippen LogP contribution < -0.4 is 0 Å². The van der Waals surface area contributed by atoms with Crippen molar-refractivity contribution in [3.63, 3.8) is 0 Å². The summed E-state index contributed by atoms with van der Waals surface area (Å²) < 4.78 is 28.1. The van der Waals surface area contributed by atoms with Crippen LogP contribution in [0, 0.1) is 4.77 Å². The maximum Gasteiger partial charge on any atom is 0.199 e. The van der Waals surface area contributed by atoms with Crippen LogP contribution in [-0.4, -0.2) is 76.3 Å². The van der Waals surface area contributed by atoms with Crippen molar-refractivity contribution in [3.8, 4) is 0 Å². The van der Waals surface area contributed by atoms with E-state index in [1.165, 1.54) is 12.8 Å². The highest BCUT2D eigenvalue weighted by atomic mass is 32.2. The van der Waals surface area contributed by atoms with E-state index < -0.39 is 9.84 Å². The van der Waals surface area contributed by atoms with E-state index in [0.717, 1.165) is 44.0 Å². The molecule has 0 aromatic carbocycles. The minimum absolute atomic E-state index is 0.221. The Labute approximate surface area is 141 Å². The van der Waals surface area contributed by atoms with Gasteiger partial charge in [-0.3, -0.25) is 9.80 Å². The van der Waals surface area contributed by atoms with Crippen molar-refractivity contribution in [2.24, 2.45) is 0 Å². The normalized spacial score (nSPS) is 29.1. The highest BCUT2D eigenvalue weighted by Crippen LogP contribution is 2.34. The van der Waals surface area contributed by atoms with Crippen LogP contribution in [0.25, 0.3) is 0 Å². The molecule has 0 N–H and O–H groups in total. The van der Waals surface area contributed by atoms with E-state index in [1.54, 1.807) is 0 Å². The second-order valence-electron chi connectivity index (χ2n) is 6.90. The van der Waals surface area contributed by atoms with Gasteiger partial charge in [-0.2, -0.15) is 5.10 Å². The molecular formula is C14H23N5O2S2. The van der Waals surface area contributed by atoms with Gasteiger partial charge in [0.1, 0.15) is 6.33 Å². The molecule has 1 aromatic heterocycles. The molecule has 23 heavy (non-hydrogen) atoms. The van der Waals surface area contributed by atoms with Gasteiger partial charge in [0.15, 0.2) is 14.6 Å². The standard InChI is InChI=1S/C14H23N5O2S2/c20-23(21)8-3-13(9-23)17-6-4-16(5-7-17)11-19-14(22)18(10-15-19)12-1-2-12/h10,12-13H,1-9,11H2. The number of piperazine rings is 1. The van der Waals surface area contributed by atoms with Gasteiger partial charge in [0.25, 0.3) is 0 Å².